The molecule has 0 amide bonds. The monoisotopic (exact) mass is 372 g/mol. The topological polar surface area (TPSA) is 57.3 Å². The van der Waals surface area contributed by atoms with E-state index in [9.17, 15) is 4.79 Å². The summed E-state index contributed by atoms with van der Waals surface area (Å²) in [5.74, 6) is 0.660. The predicted molar refractivity (Wildman–Crippen MR) is 105 cm³/mol. The molecule has 0 fully saturated rings. The molecule has 0 aliphatic rings. The first kappa shape index (κ1) is 18.7. The summed E-state index contributed by atoms with van der Waals surface area (Å²) in [6, 6.07) is 5.69. The summed E-state index contributed by atoms with van der Waals surface area (Å²) in [5.41, 5.74) is 5.65. The summed E-state index contributed by atoms with van der Waals surface area (Å²) in [6.07, 6.45) is 0. The van der Waals surface area contributed by atoms with Gasteiger partial charge in [-0.3, -0.25) is 0 Å². The maximum absolute atomic E-state index is 12.0. The number of nitrogens with zero attached hydrogens (tertiary/aromatic N) is 2. The molecule has 0 unspecified atom stereocenters. The Hall–Kier alpha value is -2.05. The number of rotatable bonds is 6. The van der Waals surface area contributed by atoms with Crippen molar-refractivity contribution in [3.8, 4) is 0 Å². The van der Waals surface area contributed by atoms with Crippen molar-refractivity contribution >= 4 is 22.7 Å². The average Bonchev–Trinajstić information content (AvgIpc) is 2.88. The van der Waals surface area contributed by atoms with Gasteiger partial charge in [-0.1, -0.05) is 23.9 Å². The summed E-state index contributed by atoms with van der Waals surface area (Å²) in [4.78, 5) is 16.7. The fraction of sp³-hybridized carbons (Fsp3) is 0.400. The van der Waals surface area contributed by atoms with Crippen LogP contribution in [0.3, 0.4) is 0 Å². The molecule has 3 aromatic rings. The highest BCUT2D eigenvalue weighted by atomic mass is 32.2. The lowest BCUT2D eigenvalue weighted by molar-refractivity contribution is 0.184. The molecule has 0 aliphatic heterocycles. The average molecular weight is 372 g/mol. The van der Waals surface area contributed by atoms with Gasteiger partial charge in [-0.25, -0.2) is 9.78 Å². The molecule has 5 nitrogen and oxygen atoms in total. The number of imidazole rings is 1. The van der Waals surface area contributed by atoms with E-state index in [2.05, 4.69) is 22.5 Å². The molecule has 0 saturated carbocycles. The second-order valence-corrected chi connectivity index (χ2v) is 7.42. The molecular weight excluding hydrogens is 348 g/mol. The highest BCUT2D eigenvalue weighted by molar-refractivity contribution is 7.98. The van der Waals surface area contributed by atoms with E-state index < -0.39 is 0 Å². The van der Waals surface area contributed by atoms with E-state index in [0.29, 0.717) is 17.9 Å². The van der Waals surface area contributed by atoms with Crippen molar-refractivity contribution in [1.29, 1.82) is 0 Å². The molecule has 138 valence electrons. The van der Waals surface area contributed by atoms with Gasteiger partial charge in [-0.05, 0) is 44.4 Å². The molecule has 0 aliphatic carbocycles. The maximum Gasteiger partial charge on any atom is 0.336 e. The second-order valence-electron chi connectivity index (χ2n) is 6.47. The standard InChI is InChI=1S/C20H24N2O3S/c1-12-6-7-17-16(10-18(23)25-19(17)13(12)2)11-26-20-21-14(3)15(4)22(20)8-9-24-5/h6-7,10H,8-9,11H2,1-5H3. The summed E-state index contributed by atoms with van der Waals surface area (Å²) in [7, 11) is 1.70. The van der Waals surface area contributed by atoms with Gasteiger partial charge in [0.1, 0.15) is 5.58 Å². The fourth-order valence-electron chi connectivity index (χ4n) is 2.97. The van der Waals surface area contributed by atoms with Gasteiger partial charge in [-0.2, -0.15) is 0 Å². The number of benzene rings is 1. The van der Waals surface area contributed by atoms with Gasteiger partial charge in [0.15, 0.2) is 5.16 Å². The lowest BCUT2D eigenvalue weighted by atomic mass is 10.0. The van der Waals surface area contributed by atoms with Crippen molar-refractivity contribution in [2.24, 2.45) is 0 Å². The normalized spacial score (nSPS) is 11.4. The van der Waals surface area contributed by atoms with Crippen LogP contribution in [0.15, 0.2) is 32.6 Å². The third-order valence-corrected chi connectivity index (χ3v) is 5.84. The van der Waals surface area contributed by atoms with Crippen molar-refractivity contribution in [2.75, 3.05) is 13.7 Å². The van der Waals surface area contributed by atoms with Gasteiger partial charge < -0.3 is 13.7 Å². The molecule has 3 rings (SSSR count). The van der Waals surface area contributed by atoms with Crippen LogP contribution in [-0.4, -0.2) is 23.3 Å². The molecule has 0 atom stereocenters. The molecule has 2 heterocycles. The highest BCUT2D eigenvalue weighted by Crippen LogP contribution is 2.29. The van der Waals surface area contributed by atoms with Crippen molar-refractivity contribution in [3.63, 3.8) is 0 Å². The van der Waals surface area contributed by atoms with Crippen molar-refractivity contribution in [3.05, 3.63) is 56.7 Å². The smallest absolute Gasteiger partial charge is 0.336 e. The Kier molecular flexibility index (Phi) is 5.53. The minimum Gasteiger partial charge on any atom is -0.422 e. The Bertz CT molecular complexity index is 1000. The minimum absolute atomic E-state index is 0.308. The molecule has 0 spiro atoms. The maximum atomic E-state index is 12.0. The Balaban J connectivity index is 1.95. The minimum atomic E-state index is -0.308. The van der Waals surface area contributed by atoms with Gasteiger partial charge in [0.25, 0.3) is 0 Å². The van der Waals surface area contributed by atoms with E-state index in [1.165, 1.54) is 0 Å². The molecule has 6 heteroatoms. The van der Waals surface area contributed by atoms with Gasteiger partial charge >= 0.3 is 5.63 Å². The largest absolute Gasteiger partial charge is 0.422 e. The van der Waals surface area contributed by atoms with E-state index in [-0.39, 0.29) is 5.63 Å². The van der Waals surface area contributed by atoms with E-state index in [0.717, 1.165) is 45.2 Å². The van der Waals surface area contributed by atoms with Crippen LogP contribution in [0.1, 0.15) is 28.1 Å². The summed E-state index contributed by atoms with van der Waals surface area (Å²) >= 11 is 1.63. The Morgan fingerprint density at radius 3 is 2.73 bits per heavy atom. The van der Waals surface area contributed by atoms with Crippen LogP contribution in [-0.2, 0) is 17.0 Å². The van der Waals surface area contributed by atoms with Gasteiger partial charge in [0.2, 0.25) is 0 Å². The Labute approximate surface area is 157 Å². The number of methoxy groups -OCH3 is 1. The van der Waals surface area contributed by atoms with Crippen molar-refractivity contribution < 1.29 is 9.15 Å². The first-order valence-electron chi connectivity index (χ1n) is 8.60. The molecule has 0 bridgehead atoms. The zero-order chi connectivity index (χ0) is 18.8. The van der Waals surface area contributed by atoms with E-state index in [1.807, 2.05) is 26.8 Å². The second kappa shape index (κ2) is 7.68. The van der Waals surface area contributed by atoms with Crippen LogP contribution in [0.25, 0.3) is 11.0 Å². The molecule has 0 radical (unpaired) electrons. The number of thioether (sulfide) groups is 1. The SMILES string of the molecule is COCCn1c(SCc2cc(=O)oc3c(C)c(C)ccc23)nc(C)c1C. The lowest BCUT2D eigenvalue weighted by Gasteiger charge is -2.11. The van der Waals surface area contributed by atoms with E-state index in [4.69, 9.17) is 9.15 Å². The molecule has 1 aromatic carbocycles. The van der Waals surface area contributed by atoms with Crippen LogP contribution in [0.2, 0.25) is 0 Å². The van der Waals surface area contributed by atoms with Crippen LogP contribution < -0.4 is 5.63 Å². The number of fused-ring (bicyclic) bond motifs is 1. The number of hydrogen-bond acceptors (Lipinski definition) is 5. The number of aryl methyl sites for hydroxylation is 3. The zero-order valence-corrected chi connectivity index (χ0v) is 16.7. The predicted octanol–water partition coefficient (Wildman–Crippen LogP) is 4.16. The lowest BCUT2D eigenvalue weighted by Crippen LogP contribution is -2.07. The van der Waals surface area contributed by atoms with Gasteiger partial charge in [0.05, 0.1) is 12.3 Å². The Morgan fingerprint density at radius 2 is 2.00 bits per heavy atom. The summed E-state index contributed by atoms with van der Waals surface area (Å²) in [6.45, 7) is 9.50. The van der Waals surface area contributed by atoms with E-state index >= 15 is 0 Å². The third-order valence-electron chi connectivity index (χ3n) is 4.82. The summed E-state index contributed by atoms with van der Waals surface area (Å²) < 4.78 is 12.9. The third kappa shape index (κ3) is 3.57. The number of aromatic nitrogens is 2. The van der Waals surface area contributed by atoms with E-state index in [1.54, 1.807) is 24.9 Å². The van der Waals surface area contributed by atoms with Gasteiger partial charge in [0, 0.05) is 36.6 Å². The van der Waals surface area contributed by atoms with Crippen LogP contribution in [0, 0.1) is 27.7 Å². The highest BCUT2D eigenvalue weighted by Gasteiger charge is 2.14. The molecule has 2 aromatic heterocycles. The number of ether oxygens (including phenoxy) is 1. The number of hydrogen-bond donors (Lipinski definition) is 0. The van der Waals surface area contributed by atoms with Gasteiger partial charge in [-0.15, -0.1) is 0 Å². The summed E-state index contributed by atoms with van der Waals surface area (Å²) in [5, 5.41) is 1.94. The first-order valence-corrected chi connectivity index (χ1v) is 9.59. The van der Waals surface area contributed by atoms with Crippen LogP contribution in [0.5, 0.6) is 0 Å². The molecular formula is C20H24N2O3S. The van der Waals surface area contributed by atoms with Crippen molar-refractivity contribution in [1.82, 2.24) is 9.55 Å². The van der Waals surface area contributed by atoms with Crippen LogP contribution in [0.4, 0.5) is 0 Å². The zero-order valence-electron chi connectivity index (χ0n) is 15.9. The Morgan fingerprint density at radius 1 is 1.23 bits per heavy atom. The molecule has 0 N–H and O–H groups in total. The van der Waals surface area contributed by atoms with Crippen molar-refractivity contribution in [2.45, 2.75) is 45.1 Å². The molecule has 0 saturated heterocycles. The quantitative estimate of drug-likeness (QED) is 0.480. The fourth-order valence-corrected chi connectivity index (χ4v) is 4.07. The first-order chi connectivity index (χ1) is 12.4. The van der Waals surface area contributed by atoms with Crippen LogP contribution >= 0.6 is 11.8 Å². The molecule has 26 heavy (non-hydrogen) atoms.